The minimum absolute atomic E-state index is 0.0133. The number of aryl methyl sites for hydroxylation is 2. The third-order valence-corrected chi connectivity index (χ3v) is 5.33. The molecule has 0 aliphatic carbocycles. The highest BCUT2D eigenvalue weighted by Crippen LogP contribution is 2.24. The molecule has 3 rings (SSSR count). The molecule has 0 spiro atoms. The summed E-state index contributed by atoms with van der Waals surface area (Å²) in [7, 11) is 3.29. The summed E-state index contributed by atoms with van der Waals surface area (Å²) >= 11 is 3.21. The lowest BCUT2D eigenvalue weighted by molar-refractivity contribution is 0.0827. The maximum atomic E-state index is 13.9. The van der Waals surface area contributed by atoms with E-state index in [9.17, 15) is 18.4 Å². The summed E-state index contributed by atoms with van der Waals surface area (Å²) in [6.07, 6.45) is 0. The van der Waals surface area contributed by atoms with Crippen LogP contribution in [0.3, 0.4) is 0 Å². The first-order valence-corrected chi connectivity index (χ1v) is 10.1. The molecule has 0 fully saturated rings. The monoisotopic (exact) mass is 491 g/mol. The van der Waals surface area contributed by atoms with Crippen molar-refractivity contribution in [1.29, 1.82) is 0 Å². The largest absolute Gasteiger partial charge is 0.472 e. The Labute approximate surface area is 186 Å². The first-order chi connectivity index (χ1) is 14.6. The molecule has 0 unspecified atom stereocenters. The van der Waals surface area contributed by atoms with Crippen molar-refractivity contribution in [1.82, 2.24) is 14.5 Å². The molecule has 0 atom stereocenters. The van der Waals surface area contributed by atoms with Crippen LogP contribution in [0.4, 0.5) is 8.78 Å². The van der Waals surface area contributed by atoms with Crippen molar-refractivity contribution in [2.45, 2.75) is 20.5 Å². The number of hydrogen-bond acceptors (Lipinski definition) is 4. The fourth-order valence-corrected chi connectivity index (χ4v) is 3.37. The fraction of sp³-hybridized carbons (Fsp3) is 0.227. The fourth-order valence-electron chi connectivity index (χ4n) is 2.99. The lowest BCUT2D eigenvalue weighted by atomic mass is 10.1. The van der Waals surface area contributed by atoms with Crippen LogP contribution in [0.25, 0.3) is 5.69 Å². The molecular weight excluding hydrogens is 472 g/mol. The molecular formula is C22H20BrF2N3O3. The van der Waals surface area contributed by atoms with Gasteiger partial charge in [-0.2, -0.15) is 4.98 Å². The summed E-state index contributed by atoms with van der Waals surface area (Å²) in [5.74, 6) is -1.33. The SMILES string of the molecule is Cc1ccc(C(=O)N(C)C)cc1-n1c(C)nc(OCc2ccc(F)cc2F)c(Br)c1=O. The number of carbonyl (C=O) groups is 1. The Balaban J connectivity index is 2.00. The highest BCUT2D eigenvalue weighted by atomic mass is 79.9. The van der Waals surface area contributed by atoms with Gasteiger partial charge in [0.15, 0.2) is 0 Å². The maximum Gasteiger partial charge on any atom is 0.276 e. The average Bonchev–Trinajstić information content (AvgIpc) is 2.71. The van der Waals surface area contributed by atoms with Gasteiger partial charge < -0.3 is 9.64 Å². The van der Waals surface area contributed by atoms with Crippen molar-refractivity contribution in [2.75, 3.05) is 14.1 Å². The molecule has 162 valence electrons. The van der Waals surface area contributed by atoms with Gasteiger partial charge in [-0.25, -0.2) is 8.78 Å². The third-order valence-electron chi connectivity index (χ3n) is 4.65. The van der Waals surface area contributed by atoms with E-state index in [1.807, 2.05) is 6.92 Å². The zero-order chi connectivity index (χ0) is 22.9. The predicted octanol–water partition coefficient (Wildman–Crippen LogP) is 4.17. The minimum Gasteiger partial charge on any atom is -0.472 e. The highest BCUT2D eigenvalue weighted by Gasteiger charge is 2.19. The van der Waals surface area contributed by atoms with Crippen LogP contribution in [0.15, 0.2) is 45.7 Å². The van der Waals surface area contributed by atoms with E-state index in [0.717, 1.165) is 17.7 Å². The number of benzene rings is 2. The van der Waals surface area contributed by atoms with Gasteiger partial charge in [-0.3, -0.25) is 14.2 Å². The number of hydrogen-bond donors (Lipinski definition) is 0. The third kappa shape index (κ3) is 4.66. The van der Waals surface area contributed by atoms with Gasteiger partial charge in [0, 0.05) is 31.3 Å². The van der Waals surface area contributed by atoms with E-state index < -0.39 is 17.2 Å². The molecule has 3 aromatic rings. The van der Waals surface area contributed by atoms with Crippen molar-refractivity contribution < 1.29 is 18.3 Å². The number of halogens is 3. The van der Waals surface area contributed by atoms with Crippen molar-refractivity contribution in [3.05, 3.63) is 85.4 Å². The van der Waals surface area contributed by atoms with E-state index >= 15 is 0 Å². The van der Waals surface area contributed by atoms with Gasteiger partial charge in [-0.05, 0) is 59.6 Å². The molecule has 1 heterocycles. The summed E-state index contributed by atoms with van der Waals surface area (Å²) in [5.41, 5.74) is 1.40. The van der Waals surface area contributed by atoms with E-state index in [1.165, 1.54) is 15.5 Å². The Kier molecular flexibility index (Phi) is 6.54. The summed E-state index contributed by atoms with van der Waals surface area (Å²) < 4.78 is 33.9. The standard InChI is InChI=1S/C22H20BrF2N3O3/c1-12-5-6-14(21(29)27(3)4)9-18(12)28-13(2)26-20(19(23)22(28)30)31-11-15-7-8-16(24)10-17(15)25/h5-10H,11H2,1-4H3. The van der Waals surface area contributed by atoms with Crippen LogP contribution < -0.4 is 10.3 Å². The van der Waals surface area contributed by atoms with Crippen LogP contribution in [0.1, 0.15) is 27.3 Å². The van der Waals surface area contributed by atoms with E-state index in [4.69, 9.17) is 4.74 Å². The van der Waals surface area contributed by atoms with Gasteiger partial charge in [0.1, 0.15) is 28.5 Å². The molecule has 31 heavy (non-hydrogen) atoms. The zero-order valence-corrected chi connectivity index (χ0v) is 19.0. The molecule has 0 aliphatic rings. The molecule has 1 aromatic heterocycles. The summed E-state index contributed by atoms with van der Waals surface area (Å²) in [5, 5.41) is 0. The quantitative estimate of drug-likeness (QED) is 0.537. The Bertz CT molecular complexity index is 1230. The minimum atomic E-state index is -0.751. The van der Waals surface area contributed by atoms with Gasteiger partial charge in [-0.1, -0.05) is 6.07 Å². The molecule has 0 saturated heterocycles. The van der Waals surface area contributed by atoms with Gasteiger partial charge in [0.25, 0.3) is 11.5 Å². The summed E-state index contributed by atoms with van der Waals surface area (Å²) in [6.45, 7) is 3.21. The second-order valence-electron chi connectivity index (χ2n) is 7.14. The number of ether oxygens (including phenoxy) is 1. The Morgan fingerprint density at radius 1 is 1.16 bits per heavy atom. The molecule has 0 bridgehead atoms. The van der Waals surface area contributed by atoms with Crippen LogP contribution in [-0.2, 0) is 6.61 Å². The van der Waals surface area contributed by atoms with Crippen molar-refractivity contribution in [2.24, 2.45) is 0 Å². The molecule has 1 amide bonds. The van der Waals surface area contributed by atoms with Crippen LogP contribution in [0.2, 0.25) is 0 Å². The maximum absolute atomic E-state index is 13.9. The van der Waals surface area contributed by atoms with Crippen molar-refractivity contribution in [3.63, 3.8) is 0 Å². The first kappa shape index (κ1) is 22.6. The smallest absolute Gasteiger partial charge is 0.276 e. The van der Waals surface area contributed by atoms with E-state index in [-0.39, 0.29) is 28.4 Å². The number of carbonyl (C=O) groups excluding carboxylic acids is 1. The van der Waals surface area contributed by atoms with Crippen LogP contribution in [0, 0.1) is 25.5 Å². The van der Waals surface area contributed by atoms with Crippen LogP contribution in [0.5, 0.6) is 5.88 Å². The zero-order valence-electron chi connectivity index (χ0n) is 17.4. The number of amides is 1. The lowest BCUT2D eigenvalue weighted by Gasteiger charge is -2.17. The highest BCUT2D eigenvalue weighted by molar-refractivity contribution is 9.10. The summed E-state index contributed by atoms with van der Waals surface area (Å²) in [6, 6.07) is 8.23. The van der Waals surface area contributed by atoms with E-state index in [1.54, 1.807) is 39.2 Å². The first-order valence-electron chi connectivity index (χ1n) is 9.28. The Morgan fingerprint density at radius 2 is 1.87 bits per heavy atom. The van der Waals surface area contributed by atoms with Gasteiger partial charge >= 0.3 is 0 Å². The van der Waals surface area contributed by atoms with E-state index in [2.05, 4.69) is 20.9 Å². The van der Waals surface area contributed by atoms with Crippen LogP contribution in [-0.4, -0.2) is 34.5 Å². The Morgan fingerprint density at radius 3 is 2.52 bits per heavy atom. The molecule has 0 radical (unpaired) electrons. The molecule has 6 nitrogen and oxygen atoms in total. The Hall–Kier alpha value is -3.07. The van der Waals surface area contributed by atoms with Crippen LogP contribution >= 0.6 is 15.9 Å². The van der Waals surface area contributed by atoms with Gasteiger partial charge in [0.2, 0.25) is 5.88 Å². The lowest BCUT2D eigenvalue weighted by Crippen LogP contribution is -2.26. The second-order valence-corrected chi connectivity index (χ2v) is 7.94. The normalized spacial score (nSPS) is 10.8. The molecule has 9 heteroatoms. The van der Waals surface area contributed by atoms with Crippen molar-refractivity contribution in [3.8, 4) is 11.6 Å². The average molecular weight is 492 g/mol. The number of rotatable bonds is 5. The molecule has 0 aliphatic heterocycles. The van der Waals surface area contributed by atoms with Crippen molar-refractivity contribution >= 4 is 21.8 Å². The van der Waals surface area contributed by atoms with Gasteiger partial charge in [0.05, 0.1) is 5.69 Å². The predicted molar refractivity (Wildman–Crippen MR) is 116 cm³/mol. The molecule has 2 aromatic carbocycles. The second kappa shape index (κ2) is 8.97. The van der Waals surface area contributed by atoms with E-state index in [0.29, 0.717) is 17.1 Å². The molecule has 0 saturated carbocycles. The van der Waals surface area contributed by atoms with Gasteiger partial charge in [-0.15, -0.1) is 0 Å². The topological polar surface area (TPSA) is 64.4 Å². The number of nitrogens with zero attached hydrogens (tertiary/aromatic N) is 3. The summed E-state index contributed by atoms with van der Waals surface area (Å²) in [4.78, 5) is 31.2. The number of aromatic nitrogens is 2. The molecule has 0 N–H and O–H groups in total.